The number of hydroxylamine groups is 2. The highest BCUT2D eigenvalue weighted by atomic mass is 19.4. The molecule has 1 atom stereocenters. The fraction of sp³-hybridized carbons (Fsp3) is 0.500. The number of ether oxygens (including phenoxy) is 1. The fourth-order valence-electron chi connectivity index (χ4n) is 1.87. The lowest BCUT2D eigenvalue weighted by Crippen LogP contribution is -2.45. The number of rotatable bonds is 3. The zero-order chi connectivity index (χ0) is 13.0. The molecule has 0 saturated carbocycles. The second-order valence-electron chi connectivity index (χ2n) is 4.06. The smallest absolute Gasteiger partial charge is 0.403 e. The minimum atomic E-state index is -4.64. The van der Waals surface area contributed by atoms with Crippen molar-refractivity contribution < 1.29 is 22.7 Å². The third-order valence-corrected chi connectivity index (χ3v) is 2.64. The molecule has 2 rings (SSSR count). The van der Waals surface area contributed by atoms with Crippen molar-refractivity contribution in [1.82, 2.24) is 5.06 Å². The molecule has 1 saturated heterocycles. The summed E-state index contributed by atoms with van der Waals surface area (Å²) in [5.41, 5.74) is 0. The number of benzene rings is 1. The molecule has 0 radical (unpaired) electrons. The quantitative estimate of drug-likeness (QED) is 0.833. The Kier molecular flexibility index (Phi) is 4.08. The second-order valence-corrected chi connectivity index (χ2v) is 4.06. The van der Waals surface area contributed by atoms with E-state index < -0.39 is 12.6 Å². The number of hydrogen-bond acceptors (Lipinski definition) is 3. The summed E-state index contributed by atoms with van der Waals surface area (Å²) >= 11 is 0. The zero-order valence-corrected chi connectivity index (χ0v) is 9.69. The van der Waals surface area contributed by atoms with E-state index in [0.717, 1.165) is 6.42 Å². The molecule has 3 nitrogen and oxygen atoms in total. The van der Waals surface area contributed by atoms with Gasteiger partial charge in [-0.1, -0.05) is 18.2 Å². The van der Waals surface area contributed by atoms with Crippen molar-refractivity contribution in [2.24, 2.45) is 0 Å². The zero-order valence-electron chi connectivity index (χ0n) is 9.69. The first-order valence-electron chi connectivity index (χ1n) is 5.79. The Morgan fingerprint density at radius 3 is 2.50 bits per heavy atom. The molecule has 6 heteroatoms. The van der Waals surface area contributed by atoms with E-state index in [2.05, 4.69) is 4.74 Å². The molecule has 0 aromatic heterocycles. The van der Waals surface area contributed by atoms with Crippen LogP contribution in [-0.4, -0.2) is 24.2 Å². The van der Waals surface area contributed by atoms with Crippen LogP contribution in [0.3, 0.4) is 0 Å². The van der Waals surface area contributed by atoms with Gasteiger partial charge in [-0.05, 0) is 31.4 Å². The molecule has 1 aromatic rings. The van der Waals surface area contributed by atoms with Crippen molar-refractivity contribution in [1.29, 1.82) is 0 Å². The van der Waals surface area contributed by atoms with Gasteiger partial charge in [0.1, 0.15) is 5.75 Å². The predicted octanol–water partition coefficient (Wildman–Crippen LogP) is 3.33. The Morgan fingerprint density at radius 2 is 1.83 bits per heavy atom. The molecule has 1 fully saturated rings. The van der Waals surface area contributed by atoms with Gasteiger partial charge in [-0.3, -0.25) is 4.74 Å². The molecule has 0 amide bonds. The second kappa shape index (κ2) is 5.58. The van der Waals surface area contributed by atoms with E-state index in [1.165, 1.54) is 5.06 Å². The van der Waals surface area contributed by atoms with Gasteiger partial charge in [-0.2, -0.15) is 0 Å². The minimum absolute atomic E-state index is 0.312. The average molecular weight is 261 g/mol. The van der Waals surface area contributed by atoms with Crippen LogP contribution in [0.2, 0.25) is 0 Å². The van der Waals surface area contributed by atoms with Gasteiger partial charge < -0.3 is 4.84 Å². The standard InChI is InChI=1S/C12H14F3NO2/c13-12(14,15)17-11-8-4-5-9-16(11)18-10-6-2-1-3-7-10/h1-3,6-7,11H,4-5,8-9H2. The van der Waals surface area contributed by atoms with Crippen LogP contribution < -0.4 is 4.84 Å². The first kappa shape index (κ1) is 13.2. The molecule has 100 valence electrons. The Balaban J connectivity index is 2.00. The summed E-state index contributed by atoms with van der Waals surface area (Å²) in [5, 5.41) is 1.26. The molecular formula is C12H14F3NO2. The van der Waals surface area contributed by atoms with Gasteiger partial charge in [0.25, 0.3) is 0 Å². The lowest BCUT2D eigenvalue weighted by Gasteiger charge is -2.34. The number of nitrogens with zero attached hydrogens (tertiary/aromatic N) is 1. The van der Waals surface area contributed by atoms with Crippen LogP contribution in [0.25, 0.3) is 0 Å². The van der Waals surface area contributed by atoms with Crippen molar-refractivity contribution in [2.75, 3.05) is 6.54 Å². The Labute approximate surface area is 103 Å². The van der Waals surface area contributed by atoms with Crippen molar-refractivity contribution in [3.05, 3.63) is 30.3 Å². The molecule has 0 aliphatic carbocycles. The summed E-state index contributed by atoms with van der Waals surface area (Å²) in [7, 11) is 0. The third-order valence-electron chi connectivity index (χ3n) is 2.64. The molecular weight excluding hydrogens is 247 g/mol. The number of piperidine rings is 1. The lowest BCUT2D eigenvalue weighted by atomic mass is 10.1. The minimum Gasteiger partial charge on any atom is -0.403 e. The van der Waals surface area contributed by atoms with E-state index in [1.54, 1.807) is 24.3 Å². The van der Waals surface area contributed by atoms with Gasteiger partial charge in [0, 0.05) is 6.54 Å². The van der Waals surface area contributed by atoms with E-state index in [9.17, 15) is 13.2 Å². The van der Waals surface area contributed by atoms with Gasteiger partial charge in [0.05, 0.1) is 0 Å². The number of hydrogen-bond donors (Lipinski definition) is 0. The van der Waals surface area contributed by atoms with E-state index >= 15 is 0 Å². The van der Waals surface area contributed by atoms with Gasteiger partial charge in [0.15, 0.2) is 6.23 Å². The first-order chi connectivity index (χ1) is 8.54. The van der Waals surface area contributed by atoms with E-state index in [0.29, 0.717) is 25.1 Å². The molecule has 1 aromatic carbocycles. The first-order valence-corrected chi connectivity index (χ1v) is 5.79. The number of alkyl halides is 3. The van der Waals surface area contributed by atoms with Gasteiger partial charge in [0.2, 0.25) is 0 Å². The SMILES string of the molecule is FC(F)(F)OC1CCCCN1Oc1ccccc1. The Hall–Kier alpha value is -1.27. The van der Waals surface area contributed by atoms with E-state index in [-0.39, 0.29) is 0 Å². The average Bonchev–Trinajstić information content (AvgIpc) is 2.31. The largest absolute Gasteiger partial charge is 0.524 e. The summed E-state index contributed by atoms with van der Waals surface area (Å²) in [4.78, 5) is 5.42. The summed E-state index contributed by atoms with van der Waals surface area (Å²) in [6, 6.07) is 8.73. The summed E-state index contributed by atoms with van der Waals surface area (Å²) in [6.07, 6.45) is -3.90. The molecule has 1 unspecified atom stereocenters. The van der Waals surface area contributed by atoms with Crippen molar-refractivity contribution >= 4 is 0 Å². The summed E-state index contributed by atoms with van der Waals surface area (Å²) in [5.74, 6) is 0.509. The van der Waals surface area contributed by atoms with Crippen LogP contribution in [-0.2, 0) is 4.74 Å². The fourth-order valence-corrected chi connectivity index (χ4v) is 1.87. The molecule has 1 aliphatic heterocycles. The highest BCUT2D eigenvalue weighted by Gasteiger charge is 2.38. The maximum atomic E-state index is 12.2. The maximum Gasteiger partial charge on any atom is 0.524 e. The number of para-hydroxylation sites is 1. The summed E-state index contributed by atoms with van der Waals surface area (Å²) < 4.78 is 40.8. The van der Waals surface area contributed by atoms with Gasteiger partial charge >= 0.3 is 6.36 Å². The normalized spacial score (nSPS) is 21.8. The van der Waals surface area contributed by atoms with Crippen molar-refractivity contribution in [3.8, 4) is 5.75 Å². The van der Waals surface area contributed by atoms with Crippen molar-refractivity contribution in [2.45, 2.75) is 31.9 Å². The van der Waals surface area contributed by atoms with Crippen molar-refractivity contribution in [3.63, 3.8) is 0 Å². The Morgan fingerprint density at radius 1 is 1.11 bits per heavy atom. The predicted molar refractivity (Wildman–Crippen MR) is 58.6 cm³/mol. The third kappa shape index (κ3) is 3.89. The van der Waals surface area contributed by atoms with E-state index in [4.69, 9.17) is 4.84 Å². The molecule has 1 heterocycles. The molecule has 1 aliphatic rings. The lowest BCUT2D eigenvalue weighted by molar-refractivity contribution is -0.383. The highest BCUT2D eigenvalue weighted by molar-refractivity contribution is 5.20. The molecule has 18 heavy (non-hydrogen) atoms. The maximum absolute atomic E-state index is 12.2. The van der Waals surface area contributed by atoms with Crippen LogP contribution in [0.5, 0.6) is 5.75 Å². The van der Waals surface area contributed by atoms with Crippen LogP contribution in [0.15, 0.2) is 30.3 Å². The highest BCUT2D eigenvalue weighted by Crippen LogP contribution is 2.27. The Bertz CT molecular complexity index is 369. The van der Waals surface area contributed by atoms with Crippen LogP contribution >= 0.6 is 0 Å². The molecule has 0 N–H and O–H groups in total. The van der Waals surface area contributed by atoms with Crippen LogP contribution in [0.4, 0.5) is 13.2 Å². The molecule has 0 bridgehead atoms. The topological polar surface area (TPSA) is 21.7 Å². The van der Waals surface area contributed by atoms with Crippen LogP contribution in [0.1, 0.15) is 19.3 Å². The number of halogens is 3. The molecule has 0 spiro atoms. The van der Waals surface area contributed by atoms with Gasteiger partial charge in [-0.15, -0.1) is 18.2 Å². The summed E-state index contributed by atoms with van der Waals surface area (Å²) in [6.45, 7) is 0.426. The van der Waals surface area contributed by atoms with E-state index in [1.807, 2.05) is 6.07 Å². The van der Waals surface area contributed by atoms with Crippen LogP contribution in [0, 0.1) is 0 Å². The van der Waals surface area contributed by atoms with Gasteiger partial charge in [-0.25, -0.2) is 0 Å². The monoisotopic (exact) mass is 261 g/mol.